The summed E-state index contributed by atoms with van der Waals surface area (Å²) in [5.74, 6) is 0.703. The molecule has 4 aromatic rings. The lowest BCUT2D eigenvalue weighted by Gasteiger charge is -2.34. The van der Waals surface area contributed by atoms with Gasteiger partial charge in [0.15, 0.2) is 0 Å². The third kappa shape index (κ3) is 5.20. The van der Waals surface area contributed by atoms with Crippen LogP contribution in [0.3, 0.4) is 0 Å². The molecule has 0 aliphatic rings. The predicted octanol–water partition coefficient (Wildman–Crippen LogP) is 8.58. The number of hydrogen-bond acceptors (Lipinski definition) is 3. The average molecular weight is 531 g/mol. The van der Waals surface area contributed by atoms with Gasteiger partial charge in [0.25, 0.3) is 0 Å². The van der Waals surface area contributed by atoms with Gasteiger partial charge in [0.1, 0.15) is 17.2 Å². The lowest BCUT2D eigenvalue weighted by molar-refractivity contribution is 0.468. The standard InChI is InChI=1S/C37H38O3/c1-7-10-26-23-30(16-19-34(26)39)36(4,5)28-12-14-29(15-13-28)37(6,31-17-20-33(38)25(9-3)22-31)32-18-21-35(40)27(24-32)11-8-2/h7-9,12-24,38-40H,1-3,10-11H2,4-6H3. The number of hydrogen-bond donors (Lipinski definition) is 3. The van der Waals surface area contributed by atoms with E-state index in [0.29, 0.717) is 18.4 Å². The molecule has 204 valence electrons. The van der Waals surface area contributed by atoms with E-state index in [4.69, 9.17) is 0 Å². The van der Waals surface area contributed by atoms with E-state index in [1.165, 1.54) is 0 Å². The van der Waals surface area contributed by atoms with Crippen LogP contribution in [0.15, 0.2) is 111 Å². The number of rotatable bonds is 10. The molecular weight excluding hydrogens is 492 g/mol. The fourth-order valence-corrected chi connectivity index (χ4v) is 5.42. The van der Waals surface area contributed by atoms with Crippen LogP contribution in [0, 0.1) is 0 Å². The minimum Gasteiger partial charge on any atom is -0.508 e. The Morgan fingerprint density at radius 2 is 0.975 bits per heavy atom. The van der Waals surface area contributed by atoms with Gasteiger partial charge in [-0.1, -0.05) is 93.3 Å². The van der Waals surface area contributed by atoms with Crippen molar-refractivity contribution in [2.24, 2.45) is 0 Å². The molecule has 0 amide bonds. The Balaban J connectivity index is 1.86. The highest BCUT2D eigenvalue weighted by Gasteiger charge is 2.33. The molecule has 1 atom stereocenters. The Bertz CT molecular complexity index is 1560. The van der Waals surface area contributed by atoms with Crippen molar-refractivity contribution in [2.75, 3.05) is 0 Å². The van der Waals surface area contributed by atoms with Gasteiger partial charge in [-0.3, -0.25) is 0 Å². The molecule has 0 aliphatic carbocycles. The highest BCUT2D eigenvalue weighted by atomic mass is 16.3. The molecule has 0 aromatic heterocycles. The molecule has 0 bridgehead atoms. The quantitative estimate of drug-likeness (QED) is 0.142. The maximum atomic E-state index is 10.5. The molecule has 3 N–H and O–H groups in total. The fourth-order valence-electron chi connectivity index (χ4n) is 5.42. The Kier molecular flexibility index (Phi) is 8.06. The number of benzene rings is 4. The van der Waals surface area contributed by atoms with Crippen molar-refractivity contribution >= 4 is 6.08 Å². The molecule has 0 saturated carbocycles. The van der Waals surface area contributed by atoms with Gasteiger partial charge in [-0.05, 0) is 83.0 Å². The molecule has 3 nitrogen and oxygen atoms in total. The zero-order valence-electron chi connectivity index (χ0n) is 23.6. The van der Waals surface area contributed by atoms with E-state index >= 15 is 0 Å². The third-order valence-corrected chi connectivity index (χ3v) is 8.20. The number of aromatic hydroxyl groups is 3. The smallest absolute Gasteiger partial charge is 0.122 e. The first-order valence-corrected chi connectivity index (χ1v) is 13.5. The lowest BCUT2D eigenvalue weighted by atomic mass is 9.69. The minimum atomic E-state index is -0.590. The maximum Gasteiger partial charge on any atom is 0.122 e. The lowest BCUT2D eigenvalue weighted by Crippen LogP contribution is -2.26. The summed E-state index contributed by atoms with van der Waals surface area (Å²) >= 11 is 0. The van der Waals surface area contributed by atoms with Crippen LogP contribution in [0.25, 0.3) is 6.08 Å². The number of phenolic OH excluding ortho intramolecular Hbond substituents is 3. The van der Waals surface area contributed by atoms with E-state index in [-0.39, 0.29) is 22.7 Å². The van der Waals surface area contributed by atoms with Gasteiger partial charge in [-0.2, -0.15) is 0 Å². The van der Waals surface area contributed by atoms with Crippen LogP contribution in [-0.2, 0) is 23.7 Å². The summed E-state index contributed by atoms with van der Waals surface area (Å²) in [6.07, 6.45) is 6.40. The van der Waals surface area contributed by atoms with E-state index in [2.05, 4.69) is 70.8 Å². The normalized spacial score (nSPS) is 12.9. The summed E-state index contributed by atoms with van der Waals surface area (Å²) in [6, 6.07) is 25.8. The van der Waals surface area contributed by atoms with E-state index < -0.39 is 5.41 Å². The van der Waals surface area contributed by atoms with Gasteiger partial charge in [0.2, 0.25) is 0 Å². The Hall–Kier alpha value is -4.50. The summed E-state index contributed by atoms with van der Waals surface area (Å²) in [4.78, 5) is 0. The second-order valence-electron chi connectivity index (χ2n) is 11.0. The average Bonchev–Trinajstić information content (AvgIpc) is 2.95. The van der Waals surface area contributed by atoms with Gasteiger partial charge >= 0.3 is 0 Å². The zero-order valence-corrected chi connectivity index (χ0v) is 23.6. The zero-order chi connectivity index (χ0) is 29.1. The molecule has 0 saturated heterocycles. The fraction of sp³-hybridized carbons (Fsp3) is 0.189. The van der Waals surface area contributed by atoms with Crippen molar-refractivity contribution in [3.63, 3.8) is 0 Å². The van der Waals surface area contributed by atoms with Gasteiger partial charge < -0.3 is 15.3 Å². The van der Waals surface area contributed by atoms with E-state index in [0.717, 1.165) is 38.9 Å². The highest BCUT2D eigenvalue weighted by molar-refractivity contribution is 5.61. The predicted molar refractivity (Wildman–Crippen MR) is 166 cm³/mol. The SMILES string of the molecule is C=CCc1cc(C(C)(C)c2ccc(C(C)(c3ccc(O)c(C=C)c3)c3ccc(O)c(CC=C)c3)cc2)ccc1O. The van der Waals surface area contributed by atoms with E-state index in [9.17, 15) is 15.3 Å². The molecule has 40 heavy (non-hydrogen) atoms. The second kappa shape index (κ2) is 11.3. The van der Waals surface area contributed by atoms with Gasteiger partial charge in [-0.25, -0.2) is 0 Å². The first-order chi connectivity index (χ1) is 19.1. The van der Waals surface area contributed by atoms with Crippen molar-refractivity contribution in [3.8, 4) is 17.2 Å². The molecule has 0 aliphatic heterocycles. The number of phenols is 3. The Morgan fingerprint density at radius 1 is 0.550 bits per heavy atom. The summed E-state index contributed by atoms with van der Waals surface area (Å²) < 4.78 is 0. The van der Waals surface area contributed by atoms with Crippen LogP contribution < -0.4 is 0 Å². The Morgan fingerprint density at radius 3 is 1.50 bits per heavy atom. The van der Waals surface area contributed by atoms with Crippen molar-refractivity contribution in [2.45, 2.75) is 44.4 Å². The summed E-state index contributed by atoms with van der Waals surface area (Å²) in [5.41, 5.74) is 6.77. The minimum absolute atomic E-state index is 0.181. The molecule has 0 radical (unpaired) electrons. The van der Waals surface area contributed by atoms with E-state index in [1.807, 2.05) is 30.3 Å². The second-order valence-corrected chi connectivity index (χ2v) is 11.0. The molecule has 0 spiro atoms. The molecule has 4 aromatic carbocycles. The van der Waals surface area contributed by atoms with Gasteiger partial charge in [0.05, 0.1) is 0 Å². The van der Waals surface area contributed by atoms with E-state index in [1.54, 1.807) is 36.4 Å². The third-order valence-electron chi connectivity index (χ3n) is 8.20. The highest BCUT2D eigenvalue weighted by Crippen LogP contribution is 2.43. The van der Waals surface area contributed by atoms with Gasteiger partial charge in [0, 0.05) is 16.4 Å². The topological polar surface area (TPSA) is 60.7 Å². The van der Waals surface area contributed by atoms with Crippen LogP contribution in [0.2, 0.25) is 0 Å². The van der Waals surface area contributed by atoms with Crippen molar-refractivity contribution in [3.05, 3.63) is 155 Å². The largest absolute Gasteiger partial charge is 0.508 e. The summed E-state index contributed by atoms with van der Waals surface area (Å²) in [7, 11) is 0. The number of allylic oxidation sites excluding steroid dienone is 2. The van der Waals surface area contributed by atoms with Crippen LogP contribution in [0.1, 0.15) is 65.3 Å². The van der Waals surface area contributed by atoms with Crippen LogP contribution in [-0.4, -0.2) is 15.3 Å². The van der Waals surface area contributed by atoms with Crippen LogP contribution in [0.4, 0.5) is 0 Å². The first-order valence-electron chi connectivity index (χ1n) is 13.5. The molecular formula is C37H38O3. The van der Waals surface area contributed by atoms with Crippen LogP contribution in [0.5, 0.6) is 17.2 Å². The van der Waals surface area contributed by atoms with Crippen molar-refractivity contribution in [1.82, 2.24) is 0 Å². The van der Waals surface area contributed by atoms with Crippen LogP contribution >= 0.6 is 0 Å². The molecule has 3 heteroatoms. The molecule has 4 rings (SSSR count). The summed E-state index contributed by atoms with van der Waals surface area (Å²) in [6.45, 7) is 18.1. The summed E-state index contributed by atoms with van der Waals surface area (Å²) in [5, 5.41) is 31.1. The molecule has 1 unspecified atom stereocenters. The van der Waals surface area contributed by atoms with Gasteiger partial charge in [-0.15, -0.1) is 13.2 Å². The van der Waals surface area contributed by atoms with Crippen molar-refractivity contribution in [1.29, 1.82) is 0 Å². The monoisotopic (exact) mass is 530 g/mol. The Labute approximate surface area is 238 Å². The molecule has 0 fully saturated rings. The maximum absolute atomic E-state index is 10.5. The van der Waals surface area contributed by atoms with Crippen molar-refractivity contribution < 1.29 is 15.3 Å². The molecule has 0 heterocycles. The first kappa shape index (κ1) is 28.5.